The molecule has 0 radical (unpaired) electrons. The van der Waals surface area contributed by atoms with E-state index >= 15 is 0 Å². The summed E-state index contributed by atoms with van der Waals surface area (Å²) in [6, 6.07) is 1.71. The zero-order chi connectivity index (χ0) is 21.8. The van der Waals surface area contributed by atoms with Crippen molar-refractivity contribution in [2.75, 3.05) is 5.43 Å². The molecular weight excluding hydrogens is 487 g/mol. The molecule has 3 heterocycles. The number of carbonyl (C=O) groups is 1. The minimum atomic E-state index is -4.58. The highest BCUT2D eigenvalue weighted by Gasteiger charge is 2.41. The number of nitrogens with one attached hydrogen (secondary N) is 1. The molecule has 1 aliphatic carbocycles. The van der Waals surface area contributed by atoms with Crippen molar-refractivity contribution in [3.63, 3.8) is 0 Å². The lowest BCUT2D eigenvalue weighted by atomic mass is 10.2. The highest BCUT2D eigenvalue weighted by Crippen LogP contribution is 2.47. The van der Waals surface area contributed by atoms with Gasteiger partial charge in [0.1, 0.15) is 10.7 Å². The predicted octanol–water partition coefficient (Wildman–Crippen LogP) is 4.09. The van der Waals surface area contributed by atoms with Gasteiger partial charge in [-0.2, -0.15) is 18.3 Å². The van der Waals surface area contributed by atoms with Crippen molar-refractivity contribution in [2.24, 2.45) is 0 Å². The Balaban J connectivity index is 1.54. The largest absolute Gasteiger partial charge is 0.436 e. The van der Waals surface area contributed by atoms with Gasteiger partial charge in [0.05, 0.1) is 22.1 Å². The van der Waals surface area contributed by atoms with E-state index in [2.05, 4.69) is 31.4 Å². The number of aromatic nitrogens is 4. The minimum Gasteiger partial charge on any atom is -0.273 e. The average Bonchev–Trinajstić information content (AvgIpc) is 3.32. The molecule has 3 aromatic rings. The maximum atomic E-state index is 13.2. The van der Waals surface area contributed by atoms with Crippen LogP contribution < -0.4 is 11.0 Å². The van der Waals surface area contributed by atoms with Crippen LogP contribution in [0.3, 0.4) is 0 Å². The van der Waals surface area contributed by atoms with Gasteiger partial charge in [-0.15, -0.1) is 11.3 Å². The van der Waals surface area contributed by atoms with Crippen LogP contribution in [0.2, 0.25) is 0 Å². The molecule has 30 heavy (non-hydrogen) atoms. The Morgan fingerprint density at radius 1 is 1.37 bits per heavy atom. The van der Waals surface area contributed by atoms with Crippen molar-refractivity contribution < 1.29 is 18.0 Å². The molecule has 1 amide bonds. The fourth-order valence-electron chi connectivity index (χ4n) is 3.27. The summed E-state index contributed by atoms with van der Waals surface area (Å²) < 4.78 is 41.8. The first kappa shape index (κ1) is 21.0. The molecule has 7 nitrogen and oxygen atoms in total. The third-order valence-electron chi connectivity index (χ3n) is 4.81. The Labute approximate surface area is 181 Å². The summed E-state index contributed by atoms with van der Waals surface area (Å²) in [6.45, 7) is 3.42. The number of carbonyl (C=O) groups excluding carboxylic acids is 1. The van der Waals surface area contributed by atoms with Crippen molar-refractivity contribution in [1.29, 1.82) is 0 Å². The van der Waals surface area contributed by atoms with Gasteiger partial charge in [0.15, 0.2) is 5.69 Å². The Bertz CT molecular complexity index is 1210. The van der Waals surface area contributed by atoms with Crippen molar-refractivity contribution in [1.82, 2.24) is 19.4 Å². The Morgan fingerprint density at radius 3 is 2.70 bits per heavy atom. The number of hydrogen-bond donors (Lipinski definition) is 1. The van der Waals surface area contributed by atoms with Crippen LogP contribution in [0.15, 0.2) is 15.3 Å². The molecule has 1 fully saturated rings. The molecule has 0 atom stereocenters. The molecule has 0 bridgehead atoms. The highest BCUT2D eigenvalue weighted by molar-refractivity contribution is 9.10. The molecule has 0 spiro atoms. The zero-order valence-electron chi connectivity index (χ0n) is 16.0. The quantitative estimate of drug-likeness (QED) is 0.568. The van der Waals surface area contributed by atoms with Crippen LogP contribution >= 0.6 is 27.3 Å². The summed E-state index contributed by atoms with van der Waals surface area (Å²) in [5.74, 6) is -0.192. The summed E-state index contributed by atoms with van der Waals surface area (Å²) in [6.07, 6.45) is -3.15. The van der Waals surface area contributed by atoms with Crippen molar-refractivity contribution in [2.45, 2.75) is 51.7 Å². The van der Waals surface area contributed by atoms with E-state index in [1.54, 1.807) is 13.0 Å². The van der Waals surface area contributed by atoms with E-state index in [1.165, 1.54) is 16.0 Å². The first-order valence-electron chi connectivity index (χ1n) is 9.19. The Hall–Kier alpha value is -2.21. The predicted molar refractivity (Wildman–Crippen MR) is 109 cm³/mol. The summed E-state index contributed by atoms with van der Waals surface area (Å²) in [5.41, 5.74) is 1.58. The van der Waals surface area contributed by atoms with Crippen LogP contribution in [0.25, 0.3) is 10.2 Å². The number of hydrogen-bond acceptors (Lipinski definition) is 5. The average molecular weight is 504 g/mol. The third-order valence-corrected chi connectivity index (χ3v) is 6.53. The molecule has 1 N–H and O–H groups in total. The van der Waals surface area contributed by atoms with Crippen LogP contribution in [-0.4, -0.2) is 25.3 Å². The van der Waals surface area contributed by atoms with Crippen LogP contribution in [0.1, 0.15) is 47.3 Å². The lowest BCUT2D eigenvalue weighted by Crippen LogP contribution is -2.35. The lowest BCUT2D eigenvalue weighted by Gasteiger charge is -2.12. The second-order valence-corrected chi connectivity index (χ2v) is 9.23. The van der Waals surface area contributed by atoms with E-state index in [0.717, 1.165) is 22.4 Å². The van der Waals surface area contributed by atoms with Gasteiger partial charge in [-0.05, 0) is 48.7 Å². The first-order valence-corrected chi connectivity index (χ1v) is 10.8. The number of thiophene rings is 1. The Kier molecular flexibility index (Phi) is 5.25. The molecule has 160 valence electrons. The summed E-state index contributed by atoms with van der Waals surface area (Å²) in [5, 5.41) is 4.09. The molecule has 0 saturated heterocycles. The van der Waals surface area contributed by atoms with Crippen molar-refractivity contribution >= 4 is 43.4 Å². The lowest BCUT2D eigenvalue weighted by molar-refractivity contribution is -0.142. The van der Waals surface area contributed by atoms with E-state index in [4.69, 9.17) is 0 Å². The maximum absolute atomic E-state index is 13.2. The van der Waals surface area contributed by atoms with E-state index in [0.29, 0.717) is 21.7 Å². The van der Waals surface area contributed by atoms with Crippen LogP contribution in [0.4, 0.5) is 13.2 Å². The SMILES string of the molecule is Cc1cc2c(=O)n(NC(=O)CCn3nc(C(F)(F)F)c(Br)c3C3CC3)c(C)nc2s1. The number of amides is 1. The number of halogens is 4. The molecule has 4 rings (SSSR count). The molecule has 0 aromatic carbocycles. The second kappa shape index (κ2) is 7.49. The normalized spacial score (nSPS) is 14.5. The van der Waals surface area contributed by atoms with Crippen LogP contribution in [-0.2, 0) is 17.5 Å². The minimum absolute atomic E-state index is 0.00402. The van der Waals surface area contributed by atoms with Gasteiger partial charge < -0.3 is 0 Å². The van der Waals surface area contributed by atoms with Gasteiger partial charge in [-0.3, -0.25) is 19.7 Å². The third kappa shape index (κ3) is 3.89. The highest BCUT2D eigenvalue weighted by atomic mass is 79.9. The fourth-order valence-corrected chi connectivity index (χ4v) is 5.02. The Morgan fingerprint density at radius 2 is 2.07 bits per heavy atom. The summed E-state index contributed by atoms with van der Waals surface area (Å²) in [4.78, 5) is 30.9. The first-order chi connectivity index (χ1) is 14.1. The molecule has 1 saturated carbocycles. The van der Waals surface area contributed by atoms with Crippen molar-refractivity contribution in [3.8, 4) is 0 Å². The van der Waals surface area contributed by atoms with Gasteiger partial charge in [-0.1, -0.05) is 0 Å². The second-order valence-electron chi connectivity index (χ2n) is 7.20. The van der Waals surface area contributed by atoms with Gasteiger partial charge in [-0.25, -0.2) is 9.66 Å². The van der Waals surface area contributed by atoms with E-state index in [9.17, 15) is 22.8 Å². The monoisotopic (exact) mass is 503 g/mol. The molecule has 12 heteroatoms. The topological polar surface area (TPSA) is 81.8 Å². The number of alkyl halides is 3. The fraction of sp³-hybridized carbons (Fsp3) is 0.444. The molecule has 0 aliphatic heterocycles. The standard InChI is InChI=1S/C18H17BrF3N5O2S/c1-8-7-11-16(30-8)23-9(2)27(17(11)29)24-12(28)5-6-26-14(10-3-4-10)13(19)15(25-26)18(20,21)22/h7,10H,3-6H2,1-2H3,(H,24,28). The number of fused-ring (bicyclic) bond motifs is 1. The smallest absolute Gasteiger partial charge is 0.273 e. The number of nitrogens with zero attached hydrogens (tertiary/aromatic N) is 4. The zero-order valence-corrected chi connectivity index (χ0v) is 18.4. The van der Waals surface area contributed by atoms with Crippen LogP contribution in [0, 0.1) is 13.8 Å². The number of rotatable bonds is 5. The van der Waals surface area contributed by atoms with Crippen molar-refractivity contribution in [3.05, 3.63) is 43.0 Å². The van der Waals surface area contributed by atoms with E-state index < -0.39 is 23.3 Å². The van der Waals surface area contributed by atoms with E-state index in [1.807, 2.05) is 6.92 Å². The van der Waals surface area contributed by atoms with Gasteiger partial charge >= 0.3 is 6.18 Å². The molecule has 0 unspecified atom stereocenters. The van der Waals surface area contributed by atoms with Crippen LogP contribution in [0.5, 0.6) is 0 Å². The maximum Gasteiger partial charge on any atom is 0.436 e. The summed E-state index contributed by atoms with van der Waals surface area (Å²) >= 11 is 4.41. The number of aryl methyl sites for hydroxylation is 3. The summed E-state index contributed by atoms with van der Waals surface area (Å²) in [7, 11) is 0. The van der Waals surface area contributed by atoms with Gasteiger partial charge in [0.2, 0.25) is 5.91 Å². The van der Waals surface area contributed by atoms with Gasteiger partial charge in [0, 0.05) is 17.2 Å². The van der Waals surface area contributed by atoms with Gasteiger partial charge in [0.25, 0.3) is 5.56 Å². The molecule has 3 aromatic heterocycles. The molecular formula is C18H17BrF3N5O2S. The molecule has 1 aliphatic rings. The van der Waals surface area contributed by atoms with E-state index in [-0.39, 0.29) is 23.4 Å².